The Hall–Kier alpha value is -2.62. The third kappa shape index (κ3) is 2.33. The Morgan fingerprint density at radius 1 is 1.16 bits per heavy atom. The van der Waals surface area contributed by atoms with E-state index in [4.69, 9.17) is 9.15 Å². The average molecular weight is 253 g/mol. The van der Waals surface area contributed by atoms with Crippen molar-refractivity contribution in [1.29, 1.82) is 0 Å². The topological polar surface area (TPSA) is 52.3 Å². The number of carbonyl (C=O) groups excluding carboxylic acids is 1. The zero-order valence-corrected chi connectivity index (χ0v) is 10.1. The monoisotopic (exact) mass is 253 g/mol. The van der Waals surface area contributed by atoms with Gasteiger partial charge >= 0.3 is 0 Å². The van der Waals surface area contributed by atoms with Crippen molar-refractivity contribution in [2.45, 2.75) is 6.61 Å². The molecule has 0 aliphatic heterocycles. The van der Waals surface area contributed by atoms with Crippen LogP contribution < -0.4 is 4.74 Å². The molecule has 0 N–H and O–H groups in total. The number of nitrogens with zero attached hydrogens (tertiary/aromatic N) is 1. The van der Waals surface area contributed by atoms with Gasteiger partial charge in [0.1, 0.15) is 18.1 Å². The minimum absolute atomic E-state index is 0.280. The zero-order chi connectivity index (χ0) is 13.1. The molecule has 0 atom stereocenters. The second-order valence-electron chi connectivity index (χ2n) is 4.04. The smallest absolute Gasteiger partial charge is 0.185 e. The van der Waals surface area contributed by atoms with Crippen molar-refractivity contribution in [1.82, 2.24) is 4.98 Å². The van der Waals surface area contributed by atoms with Crippen LogP contribution in [0, 0.1) is 0 Å². The van der Waals surface area contributed by atoms with Gasteiger partial charge in [-0.3, -0.25) is 9.78 Å². The Kier molecular flexibility index (Phi) is 2.98. The zero-order valence-electron chi connectivity index (χ0n) is 10.1. The van der Waals surface area contributed by atoms with Crippen LogP contribution in [0.5, 0.6) is 5.75 Å². The van der Waals surface area contributed by atoms with Gasteiger partial charge in [0.05, 0.1) is 5.52 Å². The number of hydrogen-bond donors (Lipinski definition) is 0. The molecule has 0 saturated heterocycles. The molecule has 0 saturated carbocycles. The maximum atomic E-state index is 10.5. The van der Waals surface area contributed by atoms with Crippen LogP contribution >= 0.6 is 0 Å². The number of carbonyl (C=O) groups is 1. The molecule has 0 aliphatic rings. The lowest BCUT2D eigenvalue weighted by atomic mass is 10.2. The lowest BCUT2D eigenvalue weighted by Gasteiger charge is -2.07. The molecule has 3 rings (SSSR count). The van der Waals surface area contributed by atoms with Crippen LogP contribution in [-0.2, 0) is 6.61 Å². The predicted octanol–water partition coefficient (Wildman–Crippen LogP) is 3.22. The predicted molar refractivity (Wildman–Crippen MR) is 70.2 cm³/mol. The Balaban J connectivity index is 1.83. The first-order chi connectivity index (χ1) is 9.36. The summed E-state index contributed by atoms with van der Waals surface area (Å²) in [7, 11) is 0. The molecule has 94 valence electrons. The summed E-state index contributed by atoms with van der Waals surface area (Å²) in [6.45, 7) is 0.280. The van der Waals surface area contributed by atoms with Crippen LogP contribution in [0.3, 0.4) is 0 Å². The summed E-state index contributed by atoms with van der Waals surface area (Å²) >= 11 is 0. The largest absolute Gasteiger partial charge is 0.485 e. The molecular formula is C15H11NO3. The number of aldehydes is 1. The number of furan rings is 1. The Morgan fingerprint density at radius 2 is 2.11 bits per heavy atom. The van der Waals surface area contributed by atoms with Crippen LogP contribution in [0.25, 0.3) is 10.9 Å². The number of rotatable bonds is 4. The second-order valence-corrected chi connectivity index (χ2v) is 4.04. The molecule has 2 aromatic heterocycles. The number of aromatic nitrogens is 1. The van der Waals surface area contributed by atoms with Gasteiger partial charge in [-0.15, -0.1) is 0 Å². The van der Waals surface area contributed by atoms with Gasteiger partial charge in [-0.2, -0.15) is 0 Å². The molecule has 0 fully saturated rings. The van der Waals surface area contributed by atoms with Gasteiger partial charge in [0.25, 0.3) is 0 Å². The molecule has 1 aromatic carbocycles. The Morgan fingerprint density at radius 3 is 2.95 bits per heavy atom. The van der Waals surface area contributed by atoms with Gasteiger partial charge in [0.2, 0.25) is 0 Å². The standard InChI is InChI=1S/C15H11NO3/c17-9-11-6-7-12(19-11)10-18-15-5-1-4-14-13(15)3-2-8-16-14/h1-9H,10H2. The van der Waals surface area contributed by atoms with E-state index in [9.17, 15) is 4.79 Å². The SMILES string of the molecule is O=Cc1ccc(COc2cccc3ncccc23)o1. The molecule has 19 heavy (non-hydrogen) atoms. The maximum Gasteiger partial charge on any atom is 0.185 e. The molecule has 0 amide bonds. The molecule has 0 unspecified atom stereocenters. The van der Waals surface area contributed by atoms with Crippen molar-refractivity contribution in [2.75, 3.05) is 0 Å². The summed E-state index contributed by atoms with van der Waals surface area (Å²) < 4.78 is 11.0. The highest BCUT2D eigenvalue weighted by molar-refractivity contribution is 5.84. The summed E-state index contributed by atoms with van der Waals surface area (Å²) in [5.41, 5.74) is 0.882. The maximum absolute atomic E-state index is 10.5. The number of pyridine rings is 1. The molecule has 0 bridgehead atoms. The van der Waals surface area contributed by atoms with Gasteiger partial charge in [0, 0.05) is 11.6 Å². The van der Waals surface area contributed by atoms with Crippen LogP contribution in [0.1, 0.15) is 16.3 Å². The molecule has 4 nitrogen and oxygen atoms in total. The lowest BCUT2D eigenvalue weighted by Crippen LogP contribution is -1.94. The average Bonchev–Trinajstić information content (AvgIpc) is 2.93. The van der Waals surface area contributed by atoms with Crippen molar-refractivity contribution >= 4 is 17.2 Å². The second kappa shape index (κ2) is 4.94. The third-order valence-corrected chi connectivity index (χ3v) is 2.77. The van der Waals surface area contributed by atoms with E-state index in [0.717, 1.165) is 16.7 Å². The van der Waals surface area contributed by atoms with Crippen molar-refractivity contribution in [2.24, 2.45) is 0 Å². The fourth-order valence-electron chi connectivity index (χ4n) is 1.89. The quantitative estimate of drug-likeness (QED) is 0.670. The summed E-state index contributed by atoms with van der Waals surface area (Å²) in [6, 6.07) is 12.9. The fraction of sp³-hybridized carbons (Fsp3) is 0.0667. The normalized spacial score (nSPS) is 10.5. The minimum Gasteiger partial charge on any atom is -0.485 e. The highest BCUT2D eigenvalue weighted by Crippen LogP contribution is 2.24. The minimum atomic E-state index is 0.280. The highest BCUT2D eigenvalue weighted by atomic mass is 16.5. The van der Waals surface area contributed by atoms with E-state index in [0.29, 0.717) is 17.8 Å². The van der Waals surface area contributed by atoms with Crippen LogP contribution in [0.2, 0.25) is 0 Å². The first-order valence-corrected chi connectivity index (χ1v) is 5.87. The number of benzene rings is 1. The Bertz CT molecular complexity index is 713. The van der Waals surface area contributed by atoms with Crippen molar-refractivity contribution in [3.63, 3.8) is 0 Å². The Labute approximate surface area is 109 Å². The fourth-order valence-corrected chi connectivity index (χ4v) is 1.89. The van der Waals surface area contributed by atoms with Gasteiger partial charge in [-0.05, 0) is 36.4 Å². The summed E-state index contributed by atoms with van der Waals surface area (Å²) in [5, 5.41) is 0.951. The molecule has 0 spiro atoms. The molecule has 0 radical (unpaired) electrons. The molecule has 3 aromatic rings. The van der Waals surface area contributed by atoms with E-state index in [1.54, 1.807) is 18.3 Å². The van der Waals surface area contributed by atoms with Crippen molar-refractivity contribution in [3.8, 4) is 5.75 Å². The van der Waals surface area contributed by atoms with Crippen molar-refractivity contribution in [3.05, 3.63) is 60.2 Å². The van der Waals surface area contributed by atoms with Gasteiger partial charge in [0.15, 0.2) is 12.0 Å². The van der Waals surface area contributed by atoms with E-state index in [1.807, 2.05) is 30.3 Å². The number of fused-ring (bicyclic) bond motifs is 1. The van der Waals surface area contributed by atoms with E-state index < -0.39 is 0 Å². The summed E-state index contributed by atoms with van der Waals surface area (Å²) in [5.74, 6) is 1.66. The molecule has 0 aliphatic carbocycles. The van der Waals surface area contributed by atoms with Crippen LogP contribution in [0.4, 0.5) is 0 Å². The first-order valence-electron chi connectivity index (χ1n) is 5.87. The third-order valence-electron chi connectivity index (χ3n) is 2.77. The first kappa shape index (κ1) is 11.5. The van der Waals surface area contributed by atoms with Gasteiger partial charge in [-0.1, -0.05) is 6.07 Å². The highest BCUT2D eigenvalue weighted by Gasteiger charge is 2.05. The van der Waals surface area contributed by atoms with Gasteiger partial charge in [-0.25, -0.2) is 0 Å². The van der Waals surface area contributed by atoms with E-state index in [-0.39, 0.29) is 6.61 Å². The van der Waals surface area contributed by atoms with E-state index in [2.05, 4.69) is 4.98 Å². The molecule has 2 heterocycles. The lowest BCUT2D eigenvalue weighted by molar-refractivity contribution is 0.109. The number of hydrogen-bond acceptors (Lipinski definition) is 4. The van der Waals surface area contributed by atoms with E-state index >= 15 is 0 Å². The van der Waals surface area contributed by atoms with Crippen LogP contribution in [-0.4, -0.2) is 11.3 Å². The van der Waals surface area contributed by atoms with E-state index in [1.165, 1.54) is 0 Å². The molecular weight excluding hydrogens is 242 g/mol. The molecule has 4 heteroatoms. The summed E-state index contributed by atoms with van der Waals surface area (Å²) in [4.78, 5) is 14.8. The van der Waals surface area contributed by atoms with Gasteiger partial charge < -0.3 is 9.15 Å². The van der Waals surface area contributed by atoms with Crippen molar-refractivity contribution < 1.29 is 13.9 Å². The summed E-state index contributed by atoms with van der Waals surface area (Å²) in [6.07, 6.45) is 2.42. The number of ether oxygens (including phenoxy) is 1. The van der Waals surface area contributed by atoms with Crippen LogP contribution in [0.15, 0.2) is 53.1 Å².